The van der Waals surface area contributed by atoms with Crippen LogP contribution in [-0.4, -0.2) is 18.8 Å². The van der Waals surface area contributed by atoms with E-state index in [-0.39, 0.29) is 17.8 Å². The second kappa shape index (κ2) is 6.57. The van der Waals surface area contributed by atoms with Crippen LogP contribution >= 0.6 is 0 Å². The number of ether oxygens (including phenoxy) is 1. The lowest BCUT2D eigenvalue weighted by molar-refractivity contribution is -0.141. The summed E-state index contributed by atoms with van der Waals surface area (Å²) in [7, 11) is 1.39. The molecule has 1 N–H and O–H groups in total. The van der Waals surface area contributed by atoms with Crippen molar-refractivity contribution in [2.45, 2.75) is 33.1 Å². The van der Waals surface area contributed by atoms with E-state index < -0.39 is 0 Å². The average Bonchev–Trinajstić information content (AvgIpc) is 2.16. The molecule has 3 nitrogen and oxygen atoms in total. The lowest BCUT2D eigenvalue weighted by atomic mass is 9.82. The van der Waals surface area contributed by atoms with Gasteiger partial charge in [-0.1, -0.05) is 13.8 Å². The van der Waals surface area contributed by atoms with Gasteiger partial charge in [-0.25, -0.2) is 0 Å². The van der Waals surface area contributed by atoms with Crippen LogP contribution in [0.5, 0.6) is 0 Å². The molecule has 0 aromatic rings. The second-order valence-corrected chi connectivity index (χ2v) is 3.53. The lowest BCUT2D eigenvalue weighted by Crippen LogP contribution is -2.23. The van der Waals surface area contributed by atoms with E-state index in [2.05, 4.69) is 11.7 Å². The number of carbonyl (C=O) groups excluding carboxylic acids is 1. The van der Waals surface area contributed by atoms with Crippen molar-refractivity contribution in [1.82, 2.24) is 0 Å². The summed E-state index contributed by atoms with van der Waals surface area (Å²) in [5.41, 5.74) is 0.630. The summed E-state index contributed by atoms with van der Waals surface area (Å²) < 4.78 is 4.62. The molecule has 0 rings (SSSR count). The highest BCUT2D eigenvalue weighted by molar-refractivity contribution is 5.82. The van der Waals surface area contributed by atoms with E-state index in [1.165, 1.54) is 7.11 Å². The Labute approximate surface area is 86.3 Å². The Balaban J connectivity index is 4.36. The molecule has 0 fully saturated rings. The van der Waals surface area contributed by atoms with Gasteiger partial charge in [-0.2, -0.15) is 0 Å². The minimum absolute atomic E-state index is 0.143. The number of rotatable bonds is 6. The molecule has 0 amide bonds. The Bertz CT molecular complexity index is 201. The van der Waals surface area contributed by atoms with Crippen molar-refractivity contribution in [3.63, 3.8) is 0 Å². The van der Waals surface area contributed by atoms with Gasteiger partial charge in [-0.15, -0.1) is 0 Å². The Morgan fingerprint density at radius 2 is 2.14 bits per heavy atom. The maximum absolute atomic E-state index is 11.1. The molecular weight excluding hydrogens is 178 g/mol. The van der Waals surface area contributed by atoms with E-state index in [0.717, 1.165) is 6.42 Å². The van der Waals surface area contributed by atoms with Crippen molar-refractivity contribution in [2.75, 3.05) is 7.11 Å². The van der Waals surface area contributed by atoms with E-state index in [9.17, 15) is 4.79 Å². The van der Waals surface area contributed by atoms with Crippen LogP contribution in [0.2, 0.25) is 0 Å². The second-order valence-electron chi connectivity index (χ2n) is 3.53. The molecule has 0 saturated heterocycles. The van der Waals surface area contributed by atoms with Crippen LogP contribution in [0.15, 0.2) is 0 Å². The van der Waals surface area contributed by atoms with Gasteiger partial charge in [0, 0.05) is 12.1 Å². The van der Waals surface area contributed by atoms with Crippen molar-refractivity contribution in [3.05, 3.63) is 6.92 Å². The standard InChI is InChI=1S/C11H20NO2/c1-5-9(7-11(13)14-4)10(6-2)8(3)12/h9-10,12H,1,5-7H2,2-4H3/t9?,10-/m1/s1. The molecule has 0 spiro atoms. The van der Waals surface area contributed by atoms with Crippen LogP contribution in [0.1, 0.15) is 33.1 Å². The van der Waals surface area contributed by atoms with Crippen molar-refractivity contribution in [3.8, 4) is 0 Å². The van der Waals surface area contributed by atoms with E-state index in [4.69, 9.17) is 5.41 Å². The van der Waals surface area contributed by atoms with Gasteiger partial charge in [0.2, 0.25) is 0 Å². The van der Waals surface area contributed by atoms with Gasteiger partial charge in [0.05, 0.1) is 7.11 Å². The fourth-order valence-corrected chi connectivity index (χ4v) is 1.74. The minimum atomic E-state index is -0.210. The van der Waals surface area contributed by atoms with E-state index in [1.54, 1.807) is 6.92 Å². The topological polar surface area (TPSA) is 50.2 Å². The first-order valence-corrected chi connectivity index (χ1v) is 4.97. The van der Waals surface area contributed by atoms with Crippen LogP contribution < -0.4 is 0 Å². The zero-order valence-corrected chi connectivity index (χ0v) is 9.30. The molecule has 3 heteroatoms. The highest BCUT2D eigenvalue weighted by Gasteiger charge is 2.23. The Morgan fingerprint density at radius 3 is 2.43 bits per heavy atom. The normalized spacial score (nSPS) is 14.6. The molecule has 14 heavy (non-hydrogen) atoms. The van der Waals surface area contributed by atoms with Crippen molar-refractivity contribution in [1.29, 1.82) is 5.41 Å². The van der Waals surface area contributed by atoms with Gasteiger partial charge in [0.25, 0.3) is 0 Å². The number of esters is 1. The van der Waals surface area contributed by atoms with Gasteiger partial charge in [-0.05, 0) is 31.6 Å². The molecule has 0 heterocycles. The fraction of sp³-hybridized carbons (Fsp3) is 0.727. The van der Waals surface area contributed by atoms with E-state index in [1.807, 2.05) is 6.92 Å². The molecule has 1 radical (unpaired) electrons. The first kappa shape index (κ1) is 13.1. The molecule has 0 bridgehead atoms. The SMILES string of the molecule is [CH2]CC(CC(=O)OC)[C@H](CC)C(C)=N. The van der Waals surface area contributed by atoms with Crippen LogP contribution in [-0.2, 0) is 9.53 Å². The summed E-state index contributed by atoms with van der Waals surface area (Å²) >= 11 is 0. The van der Waals surface area contributed by atoms with Crippen LogP contribution in [0.25, 0.3) is 0 Å². The average molecular weight is 198 g/mol. The highest BCUT2D eigenvalue weighted by atomic mass is 16.5. The monoisotopic (exact) mass is 198 g/mol. The van der Waals surface area contributed by atoms with Crippen molar-refractivity contribution >= 4 is 11.7 Å². The molecule has 81 valence electrons. The molecule has 0 aromatic carbocycles. The number of methoxy groups -OCH3 is 1. The first-order chi connectivity index (χ1) is 6.56. The van der Waals surface area contributed by atoms with Crippen LogP contribution in [0.3, 0.4) is 0 Å². The summed E-state index contributed by atoms with van der Waals surface area (Å²) in [5.74, 6) is 0.0925. The predicted octanol–water partition coefficient (Wildman–Crippen LogP) is 2.46. The summed E-state index contributed by atoms with van der Waals surface area (Å²) in [6.45, 7) is 7.64. The molecular formula is C11H20NO2. The smallest absolute Gasteiger partial charge is 0.305 e. The van der Waals surface area contributed by atoms with Gasteiger partial charge in [-0.3, -0.25) is 4.79 Å². The highest BCUT2D eigenvalue weighted by Crippen LogP contribution is 2.24. The number of nitrogens with one attached hydrogen (secondary N) is 1. The maximum Gasteiger partial charge on any atom is 0.305 e. The number of carbonyl (C=O) groups is 1. The predicted molar refractivity (Wildman–Crippen MR) is 57.3 cm³/mol. The molecule has 0 saturated carbocycles. The zero-order chi connectivity index (χ0) is 11.1. The maximum atomic E-state index is 11.1. The quantitative estimate of drug-likeness (QED) is 0.526. The zero-order valence-electron chi connectivity index (χ0n) is 9.30. The minimum Gasteiger partial charge on any atom is -0.469 e. The van der Waals surface area contributed by atoms with Crippen molar-refractivity contribution < 1.29 is 9.53 Å². The summed E-state index contributed by atoms with van der Waals surface area (Å²) in [6, 6.07) is 0. The summed E-state index contributed by atoms with van der Waals surface area (Å²) in [5, 5.41) is 7.61. The molecule has 0 aliphatic heterocycles. The largest absolute Gasteiger partial charge is 0.469 e. The van der Waals surface area contributed by atoms with Crippen LogP contribution in [0, 0.1) is 24.2 Å². The molecule has 2 atom stereocenters. The fourth-order valence-electron chi connectivity index (χ4n) is 1.74. The Hall–Kier alpha value is -0.860. The number of hydrogen-bond donors (Lipinski definition) is 1. The molecule has 0 aromatic heterocycles. The van der Waals surface area contributed by atoms with Gasteiger partial charge in [0.1, 0.15) is 0 Å². The Kier molecular flexibility index (Phi) is 6.17. The van der Waals surface area contributed by atoms with Gasteiger partial charge >= 0.3 is 5.97 Å². The van der Waals surface area contributed by atoms with E-state index >= 15 is 0 Å². The lowest BCUT2D eigenvalue weighted by Gasteiger charge is -2.23. The Morgan fingerprint density at radius 1 is 1.57 bits per heavy atom. The summed E-state index contributed by atoms with van der Waals surface area (Å²) in [4.78, 5) is 11.1. The van der Waals surface area contributed by atoms with Gasteiger partial charge < -0.3 is 10.1 Å². The molecule has 0 aliphatic carbocycles. The molecule has 1 unspecified atom stereocenters. The van der Waals surface area contributed by atoms with Gasteiger partial charge in [0.15, 0.2) is 0 Å². The third kappa shape index (κ3) is 3.90. The number of hydrogen-bond acceptors (Lipinski definition) is 3. The first-order valence-electron chi connectivity index (χ1n) is 4.97. The third-order valence-corrected chi connectivity index (χ3v) is 2.59. The third-order valence-electron chi connectivity index (χ3n) is 2.59. The van der Waals surface area contributed by atoms with Crippen molar-refractivity contribution in [2.24, 2.45) is 11.8 Å². The molecule has 0 aliphatic rings. The van der Waals surface area contributed by atoms with E-state index in [0.29, 0.717) is 18.6 Å². The summed E-state index contributed by atoms with van der Waals surface area (Å²) in [6.07, 6.45) is 1.92. The van der Waals surface area contributed by atoms with Crippen LogP contribution in [0.4, 0.5) is 0 Å².